The number of amides is 2. The molecule has 0 N–H and O–H groups in total. The molecule has 2 unspecified atom stereocenters. The highest BCUT2D eigenvalue weighted by Gasteiger charge is 2.44. The fourth-order valence-electron chi connectivity index (χ4n) is 4.31. The molecule has 0 bridgehead atoms. The van der Waals surface area contributed by atoms with Gasteiger partial charge in [-0.2, -0.15) is 0 Å². The summed E-state index contributed by atoms with van der Waals surface area (Å²) in [5.74, 6) is 0. The second-order valence-electron chi connectivity index (χ2n) is 7.37. The summed E-state index contributed by atoms with van der Waals surface area (Å²) in [7, 11) is -3.43. The van der Waals surface area contributed by atoms with Crippen molar-refractivity contribution in [3.63, 3.8) is 0 Å². The van der Waals surface area contributed by atoms with Crippen LogP contribution in [-0.4, -0.2) is 63.0 Å². The van der Waals surface area contributed by atoms with Gasteiger partial charge in [-0.1, -0.05) is 21.9 Å². The first-order chi connectivity index (χ1) is 12.0. The van der Waals surface area contributed by atoms with Crippen LogP contribution in [0.25, 0.3) is 0 Å². The molecule has 2 atom stereocenters. The second-order valence-corrected chi connectivity index (χ2v) is 9.31. The average Bonchev–Trinajstić information content (AvgIpc) is 3.19. The van der Waals surface area contributed by atoms with Gasteiger partial charge in [0.1, 0.15) is 0 Å². The number of fused-ring (bicyclic) bond motifs is 1. The maximum atomic E-state index is 12.8. The zero-order valence-corrected chi connectivity index (χ0v) is 15.4. The lowest BCUT2D eigenvalue weighted by Crippen LogP contribution is -2.49. The zero-order valence-electron chi connectivity index (χ0n) is 14.6. The predicted octanol–water partition coefficient (Wildman–Crippen LogP) is 2.26. The second kappa shape index (κ2) is 6.37. The van der Waals surface area contributed by atoms with E-state index in [1.54, 1.807) is 16.4 Å². The molecule has 0 radical (unpaired) electrons. The minimum atomic E-state index is -3.43. The van der Waals surface area contributed by atoms with E-state index in [0.717, 1.165) is 44.3 Å². The van der Waals surface area contributed by atoms with Gasteiger partial charge in [-0.25, -0.2) is 4.79 Å². The van der Waals surface area contributed by atoms with Crippen molar-refractivity contribution in [3.8, 4) is 0 Å². The summed E-state index contributed by atoms with van der Waals surface area (Å²) in [4.78, 5) is 16.9. The molecule has 7 heteroatoms. The topological polar surface area (TPSA) is 66.9 Å². The van der Waals surface area contributed by atoms with Crippen LogP contribution < -0.4 is 0 Å². The van der Waals surface area contributed by atoms with Crippen molar-refractivity contribution in [1.29, 1.82) is 0 Å². The van der Waals surface area contributed by atoms with Crippen LogP contribution in [0.5, 0.6) is 0 Å². The number of carbonyl (C=O) groups is 1. The number of hydrogen-bond acceptors (Lipinski definition) is 3. The SMILES string of the molecule is Cc1ccc([S+](=O)([O-])N2CCC(N3CC4CCCN4C3=O)CC2)cc1. The maximum Gasteiger partial charge on any atom is 0.320 e. The number of sulfonamides is 1. The van der Waals surface area contributed by atoms with Gasteiger partial charge >= 0.3 is 6.03 Å². The van der Waals surface area contributed by atoms with Crippen molar-refractivity contribution in [2.75, 3.05) is 26.2 Å². The summed E-state index contributed by atoms with van der Waals surface area (Å²) in [5.41, 5.74) is 1.05. The molecule has 0 spiro atoms. The van der Waals surface area contributed by atoms with Crippen molar-refractivity contribution in [1.82, 2.24) is 14.1 Å². The molecule has 4 rings (SSSR count). The largest absolute Gasteiger partial charge is 0.593 e. The number of hydrogen-bond donors (Lipinski definition) is 0. The third-order valence-electron chi connectivity index (χ3n) is 5.80. The lowest BCUT2D eigenvalue weighted by molar-refractivity contribution is 0.153. The van der Waals surface area contributed by atoms with E-state index in [9.17, 15) is 13.6 Å². The van der Waals surface area contributed by atoms with E-state index in [2.05, 4.69) is 0 Å². The number of nitrogens with zero attached hydrogens (tertiary/aromatic N) is 3. The Labute approximate surface area is 150 Å². The molecule has 2 amide bonds. The Morgan fingerprint density at radius 3 is 2.32 bits per heavy atom. The van der Waals surface area contributed by atoms with Crippen molar-refractivity contribution < 1.29 is 13.6 Å². The highest BCUT2D eigenvalue weighted by molar-refractivity contribution is 7.95. The Hall–Kier alpha value is -1.44. The molecule has 25 heavy (non-hydrogen) atoms. The monoisotopic (exact) mass is 363 g/mol. The minimum Gasteiger partial charge on any atom is -0.593 e. The van der Waals surface area contributed by atoms with Gasteiger partial charge in [-0.15, -0.1) is 4.31 Å². The number of rotatable bonds is 3. The zero-order chi connectivity index (χ0) is 17.6. The van der Waals surface area contributed by atoms with Crippen molar-refractivity contribution in [2.45, 2.75) is 49.6 Å². The molecule has 0 saturated carbocycles. The Kier molecular flexibility index (Phi) is 4.33. The fourth-order valence-corrected chi connectivity index (χ4v) is 5.78. The molecule has 0 aromatic heterocycles. The lowest BCUT2D eigenvalue weighted by Gasteiger charge is -2.37. The van der Waals surface area contributed by atoms with Gasteiger partial charge in [0.15, 0.2) is 15.3 Å². The summed E-state index contributed by atoms with van der Waals surface area (Å²) >= 11 is 0. The minimum absolute atomic E-state index is 0.155. The molecule has 3 aliphatic heterocycles. The summed E-state index contributed by atoms with van der Waals surface area (Å²) in [6.45, 7) is 4.60. The third-order valence-corrected chi connectivity index (χ3v) is 7.71. The van der Waals surface area contributed by atoms with E-state index >= 15 is 0 Å². The van der Waals surface area contributed by atoms with Crippen LogP contribution in [0.2, 0.25) is 0 Å². The molecule has 3 heterocycles. The summed E-state index contributed by atoms with van der Waals surface area (Å²) in [5, 5.41) is 0. The van der Waals surface area contributed by atoms with Gasteiger partial charge in [0.2, 0.25) is 0 Å². The van der Waals surface area contributed by atoms with Crippen molar-refractivity contribution >= 4 is 16.4 Å². The first-order valence-corrected chi connectivity index (χ1v) is 10.5. The molecule has 1 aromatic carbocycles. The Balaban J connectivity index is 1.40. The number of benzene rings is 1. The highest BCUT2D eigenvalue weighted by Crippen LogP contribution is 2.32. The maximum absolute atomic E-state index is 12.8. The smallest absolute Gasteiger partial charge is 0.320 e. The predicted molar refractivity (Wildman–Crippen MR) is 94.7 cm³/mol. The van der Waals surface area contributed by atoms with E-state index < -0.39 is 10.4 Å². The van der Waals surface area contributed by atoms with Crippen LogP contribution in [0.4, 0.5) is 4.79 Å². The highest BCUT2D eigenvalue weighted by atomic mass is 32.3. The Morgan fingerprint density at radius 2 is 1.68 bits per heavy atom. The molecule has 3 fully saturated rings. The molecule has 3 saturated heterocycles. The first kappa shape index (κ1) is 17.0. The number of aryl methyl sites for hydroxylation is 1. The standard InChI is InChI=1S/C18H25N3O3S/c1-14-4-6-17(7-5-14)25(23,24)19-11-8-15(9-12-19)21-13-16-3-2-10-20(16)18(21)22/h4-7,15-16H,2-3,8-13H2,1H3. The van der Waals surface area contributed by atoms with Gasteiger partial charge in [0.05, 0.1) is 6.04 Å². The van der Waals surface area contributed by atoms with E-state index in [1.807, 2.05) is 28.9 Å². The summed E-state index contributed by atoms with van der Waals surface area (Å²) in [6, 6.07) is 7.71. The summed E-state index contributed by atoms with van der Waals surface area (Å²) < 4.78 is 27.1. The molecular formula is C18H25N3O3S. The van der Waals surface area contributed by atoms with Gasteiger partial charge in [0, 0.05) is 32.2 Å². The number of carbonyl (C=O) groups excluding carboxylic acids is 1. The molecule has 136 valence electrons. The van der Waals surface area contributed by atoms with Crippen molar-refractivity contribution in [3.05, 3.63) is 29.8 Å². The first-order valence-electron chi connectivity index (χ1n) is 9.11. The lowest BCUT2D eigenvalue weighted by atomic mass is 10.0. The number of piperidine rings is 1. The normalized spacial score (nSPS) is 27.6. The van der Waals surface area contributed by atoms with Gasteiger partial charge in [-0.3, -0.25) is 0 Å². The molecular weight excluding hydrogens is 338 g/mol. The van der Waals surface area contributed by atoms with Crippen LogP contribution in [0, 0.1) is 6.92 Å². The van der Waals surface area contributed by atoms with Crippen LogP contribution in [-0.2, 0) is 14.6 Å². The average molecular weight is 363 g/mol. The van der Waals surface area contributed by atoms with E-state index in [-0.39, 0.29) is 12.1 Å². The van der Waals surface area contributed by atoms with Crippen LogP contribution >= 0.6 is 0 Å². The van der Waals surface area contributed by atoms with Crippen LogP contribution in [0.3, 0.4) is 0 Å². The van der Waals surface area contributed by atoms with E-state index in [0.29, 0.717) is 24.0 Å². The van der Waals surface area contributed by atoms with E-state index in [1.165, 1.54) is 0 Å². The van der Waals surface area contributed by atoms with E-state index in [4.69, 9.17) is 0 Å². The van der Waals surface area contributed by atoms with Crippen LogP contribution in [0.15, 0.2) is 29.2 Å². The Bertz CT molecular complexity index is 700. The van der Waals surface area contributed by atoms with Gasteiger partial charge in [-0.05, 0) is 44.7 Å². The Morgan fingerprint density at radius 1 is 1.00 bits per heavy atom. The molecule has 0 aliphatic carbocycles. The molecule has 3 aliphatic rings. The van der Waals surface area contributed by atoms with Crippen LogP contribution in [0.1, 0.15) is 31.2 Å². The fraction of sp³-hybridized carbons (Fsp3) is 0.611. The molecule has 1 aromatic rings. The summed E-state index contributed by atoms with van der Waals surface area (Å²) in [6.07, 6.45) is 3.65. The third kappa shape index (κ3) is 2.98. The number of urea groups is 1. The molecule has 6 nitrogen and oxygen atoms in total. The quantitative estimate of drug-likeness (QED) is 0.774. The van der Waals surface area contributed by atoms with Gasteiger partial charge < -0.3 is 14.4 Å². The van der Waals surface area contributed by atoms with Crippen molar-refractivity contribution in [2.24, 2.45) is 0 Å². The van der Waals surface area contributed by atoms with Gasteiger partial charge in [0.25, 0.3) is 0 Å².